The van der Waals surface area contributed by atoms with Gasteiger partial charge >= 0.3 is 3.55 Å². The van der Waals surface area contributed by atoms with Gasteiger partial charge in [0.05, 0.1) is 0 Å². The second kappa shape index (κ2) is 3.59. The number of rotatable bonds is 2. The Morgan fingerprint density at radius 2 is 1.43 bits per heavy atom. The number of hydrogen-bond acceptors (Lipinski definition) is 2. The van der Waals surface area contributed by atoms with Crippen LogP contribution in [0.1, 0.15) is 0 Å². The molecule has 5 heteroatoms. The minimum absolute atomic E-state index is 1.66. The van der Waals surface area contributed by atoms with E-state index in [2.05, 4.69) is 43.6 Å². The maximum atomic E-state index is 4.98. The zero-order chi connectivity index (χ0) is 5.91. The van der Waals surface area contributed by atoms with E-state index in [1.807, 2.05) is 0 Å². The topological polar surface area (TPSA) is 18.5 Å². The minimum atomic E-state index is -1.71. The van der Waals surface area contributed by atoms with E-state index in [-0.39, 0.29) is 0 Å². The van der Waals surface area contributed by atoms with Gasteiger partial charge in [0.25, 0.3) is 0 Å². The molecule has 0 aromatic heterocycles. The molecule has 44 valence electrons. The Labute approximate surface area is 69.6 Å². The summed E-state index contributed by atoms with van der Waals surface area (Å²) in [6.45, 7) is 0. The van der Waals surface area contributed by atoms with Gasteiger partial charge in [0.2, 0.25) is 0 Å². The Hall–Kier alpha value is 1.60. The Morgan fingerprint density at radius 3 is 1.43 bits per heavy atom. The molecule has 0 aliphatic carbocycles. The molecule has 0 fully saturated rings. The molecule has 2 nitrogen and oxygen atoms in total. The summed E-state index contributed by atoms with van der Waals surface area (Å²) in [5.74, 6) is 0. The molecule has 0 bridgehead atoms. The summed E-state index contributed by atoms with van der Waals surface area (Å²) in [6, 6.07) is 0. The van der Waals surface area contributed by atoms with Gasteiger partial charge in [-0.15, -0.1) is 0 Å². The van der Waals surface area contributed by atoms with E-state index in [1.165, 1.54) is 0 Å². The van der Waals surface area contributed by atoms with Crippen molar-refractivity contribution in [2.24, 2.45) is 0 Å². The van der Waals surface area contributed by atoms with Gasteiger partial charge < -0.3 is 8.85 Å². The van der Waals surface area contributed by atoms with E-state index in [0.29, 0.717) is 0 Å². The standard InChI is InChI=1S/C2H6I2O2Si/c1-5-7(3,4)6-2/h1-2H3. The SMILES string of the molecule is CO[Si](I)(I)OC. The van der Waals surface area contributed by atoms with E-state index in [1.54, 1.807) is 14.2 Å². The van der Waals surface area contributed by atoms with Crippen molar-refractivity contribution in [3.05, 3.63) is 0 Å². The van der Waals surface area contributed by atoms with Crippen LogP contribution in [0.15, 0.2) is 0 Å². The van der Waals surface area contributed by atoms with Crippen LogP contribution < -0.4 is 0 Å². The fourth-order valence-corrected chi connectivity index (χ4v) is 0.250. The van der Waals surface area contributed by atoms with E-state index in [0.717, 1.165) is 0 Å². The van der Waals surface area contributed by atoms with Crippen molar-refractivity contribution in [3.63, 3.8) is 0 Å². The first-order chi connectivity index (χ1) is 3.12. The largest absolute Gasteiger partial charge is 0.476 e. The fraction of sp³-hybridized carbons (Fsp3) is 1.00. The van der Waals surface area contributed by atoms with Gasteiger partial charge in [-0.05, 0) is 43.6 Å². The zero-order valence-corrected chi connectivity index (χ0v) is 9.39. The number of hydrogen-bond donors (Lipinski definition) is 0. The first kappa shape index (κ1) is 8.60. The summed E-state index contributed by atoms with van der Waals surface area (Å²) in [6.07, 6.45) is 0. The molecule has 0 aliphatic heterocycles. The van der Waals surface area contributed by atoms with Crippen LogP contribution in [-0.2, 0) is 8.85 Å². The molecule has 0 unspecified atom stereocenters. The summed E-state index contributed by atoms with van der Waals surface area (Å²) in [5, 5.41) is 0. The lowest BCUT2D eigenvalue weighted by Gasteiger charge is -2.10. The Bertz CT molecular complexity index is 51.7. The highest BCUT2D eigenvalue weighted by Gasteiger charge is 2.26. The lowest BCUT2D eigenvalue weighted by molar-refractivity contribution is 0.301. The highest BCUT2D eigenvalue weighted by molar-refractivity contribution is 14.3. The molecule has 0 amide bonds. The van der Waals surface area contributed by atoms with E-state index >= 15 is 0 Å². The summed E-state index contributed by atoms with van der Waals surface area (Å²) in [7, 11) is 3.32. The molecule has 0 atom stereocenters. The molecule has 0 N–H and O–H groups in total. The summed E-state index contributed by atoms with van der Waals surface area (Å²) >= 11 is 4.37. The predicted octanol–water partition coefficient (Wildman–Crippen LogP) is 1.58. The second-order valence-corrected chi connectivity index (χ2v) is 17.3. The molecule has 0 aliphatic rings. The second-order valence-electron chi connectivity index (χ2n) is 0.872. The lowest BCUT2D eigenvalue weighted by Crippen LogP contribution is -2.22. The van der Waals surface area contributed by atoms with Crippen LogP contribution in [0, 0.1) is 0 Å². The minimum Gasteiger partial charge on any atom is -0.383 e. The maximum absolute atomic E-state index is 4.98. The van der Waals surface area contributed by atoms with Crippen LogP contribution >= 0.6 is 43.6 Å². The lowest BCUT2D eigenvalue weighted by atomic mass is 11.8. The highest BCUT2D eigenvalue weighted by Crippen LogP contribution is 2.21. The molecule has 0 aromatic rings. The molecular weight excluding hydrogens is 338 g/mol. The van der Waals surface area contributed by atoms with Crippen LogP contribution in [0.25, 0.3) is 0 Å². The smallest absolute Gasteiger partial charge is 0.383 e. The van der Waals surface area contributed by atoms with Gasteiger partial charge in [-0.2, -0.15) is 0 Å². The number of halogens is 2. The molecule has 0 heterocycles. The van der Waals surface area contributed by atoms with Crippen molar-refractivity contribution >= 4 is 47.1 Å². The van der Waals surface area contributed by atoms with Gasteiger partial charge in [-0.25, -0.2) is 0 Å². The van der Waals surface area contributed by atoms with Crippen LogP contribution in [0.5, 0.6) is 0 Å². The third kappa shape index (κ3) is 4.12. The van der Waals surface area contributed by atoms with Crippen molar-refractivity contribution in [2.75, 3.05) is 14.2 Å². The van der Waals surface area contributed by atoms with Gasteiger partial charge in [0.15, 0.2) is 0 Å². The van der Waals surface area contributed by atoms with E-state index in [9.17, 15) is 0 Å². The summed E-state index contributed by atoms with van der Waals surface area (Å²) in [4.78, 5) is 0. The van der Waals surface area contributed by atoms with Gasteiger partial charge in [0.1, 0.15) is 0 Å². The van der Waals surface area contributed by atoms with E-state index < -0.39 is 3.55 Å². The van der Waals surface area contributed by atoms with Gasteiger partial charge in [-0.1, -0.05) is 0 Å². The van der Waals surface area contributed by atoms with Crippen molar-refractivity contribution in [3.8, 4) is 0 Å². The molecule has 0 rings (SSSR count). The Morgan fingerprint density at radius 1 is 1.14 bits per heavy atom. The summed E-state index contributed by atoms with van der Waals surface area (Å²) in [5.41, 5.74) is 0. The quantitative estimate of drug-likeness (QED) is 0.430. The van der Waals surface area contributed by atoms with Crippen molar-refractivity contribution in [1.29, 1.82) is 0 Å². The summed E-state index contributed by atoms with van der Waals surface area (Å²) < 4.78 is 8.24. The molecular formula is C2H6I2O2Si. The Kier molecular flexibility index (Phi) is 4.41. The van der Waals surface area contributed by atoms with Gasteiger partial charge in [-0.3, -0.25) is 0 Å². The molecule has 0 aromatic carbocycles. The van der Waals surface area contributed by atoms with E-state index in [4.69, 9.17) is 8.85 Å². The third-order valence-electron chi connectivity index (χ3n) is 0.475. The molecule has 0 radical (unpaired) electrons. The third-order valence-corrected chi connectivity index (χ3v) is 6.71. The first-order valence-electron chi connectivity index (χ1n) is 1.60. The average molecular weight is 344 g/mol. The molecule has 7 heavy (non-hydrogen) atoms. The Balaban J connectivity index is 3.36. The highest BCUT2D eigenvalue weighted by atomic mass is 127. The van der Waals surface area contributed by atoms with Crippen molar-refractivity contribution in [2.45, 2.75) is 0 Å². The van der Waals surface area contributed by atoms with Crippen LogP contribution in [-0.4, -0.2) is 17.8 Å². The maximum Gasteiger partial charge on any atom is 0.476 e. The van der Waals surface area contributed by atoms with Crippen LogP contribution in [0.4, 0.5) is 0 Å². The molecule has 0 saturated carbocycles. The van der Waals surface area contributed by atoms with Crippen molar-refractivity contribution < 1.29 is 8.85 Å². The van der Waals surface area contributed by atoms with Crippen LogP contribution in [0.2, 0.25) is 0 Å². The molecule has 0 saturated heterocycles. The fourth-order valence-electron chi connectivity index (χ4n) is 0.0833. The van der Waals surface area contributed by atoms with Gasteiger partial charge in [0, 0.05) is 14.2 Å². The zero-order valence-electron chi connectivity index (χ0n) is 4.07. The van der Waals surface area contributed by atoms with Crippen molar-refractivity contribution in [1.82, 2.24) is 0 Å². The average Bonchev–Trinajstić information content (AvgIpc) is 1.68. The molecule has 0 spiro atoms. The first-order valence-corrected chi connectivity index (χ1v) is 9.65. The normalized spacial score (nSPS) is 12.0. The van der Waals surface area contributed by atoms with Crippen LogP contribution in [0.3, 0.4) is 0 Å². The predicted molar refractivity (Wildman–Crippen MR) is 47.8 cm³/mol. The monoisotopic (exact) mass is 344 g/mol.